The molecule has 1 heterocycles. The van der Waals surface area contributed by atoms with Gasteiger partial charge in [0.25, 0.3) is 0 Å². The topological polar surface area (TPSA) is 90.9 Å². The predicted octanol–water partition coefficient (Wildman–Crippen LogP) is 2.63. The van der Waals surface area contributed by atoms with Crippen molar-refractivity contribution >= 4 is 23.3 Å². The number of rotatable bonds is 6. The lowest BCUT2D eigenvalue weighted by atomic mass is 9.99. The Morgan fingerprint density at radius 3 is 2.41 bits per heavy atom. The van der Waals surface area contributed by atoms with E-state index in [9.17, 15) is 14.4 Å². The monoisotopic (exact) mass is 369 g/mol. The minimum atomic E-state index is -0.706. The van der Waals surface area contributed by atoms with Crippen molar-refractivity contribution in [2.45, 2.75) is 12.8 Å². The van der Waals surface area contributed by atoms with E-state index in [0.717, 1.165) is 5.56 Å². The Bertz CT molecular complexity index is 883. The molecule has 1 N–H and O–H groups in total. The SMILES string of the molecule is COc1cccc(OC)c1C(=O)OCC(=O)c1ccc2c(c1)CCC(=O)N2. The predicted molar refractivity (Wildman–Crippen MR) is 97.6 cm³/mol. The second-order valence-corrected chi connectivity index (χ2v) is 5.96. The zero-order valence-corrected chi connectivity index (χ0v) is 15.0. The van der Waals surface area contributed by atoms with Crippen LogP contribution in [-0.4, -0.2) is 38.5 Å². The summed E-state index contributed by atoms with van der Waals surface area (Å²) < 4.78 is 15.5. The number of ether oxygens (including phenoxy) is 3. The molecule has 0 saturated carbocycles. The van der Waals surface area contributed by atoms with E-state index in [1.54, 1.807) is 36.4 Å². The summed E-state index contributed by atoms with van der Waals surface area (Å²) in [5, 5.41) is 2.76. The van der Waals surface area contributed by atoms with E-state index in [0.29, 0.717) is 35.6 Å². The van der Waals surface area contributed by atoms with Crippen LogP contribution in [0.3, 0.4) is 0 Å². The van der Waals surface area contributed by atoms with Crippen molar-refractivity contribution in [2.75, 3.05) is 26.1 Å². The van der Waals surface area contributed by atoms with E-state index in [4.69, 9.17) is 14.2 Å². The summed E-state index contributed by atoms with van der Waals surface area (Å²) in [5.74, 6) is -0.478. The Balaban J connectivity index is 1.71. The van der Waals surface area contributed by atoms with Crippen molar-refractivity contribution in [1.82, 2.24) is 0 Å². The van der Waals surface area contributed by atoms with Gasteiger partial charge in [0.05, 0.1) is 14.2 Å². The molecule has 2 aromatic carbocycles. The summed E-state index contributed by atoms with van der Waals surface area (Å²) in [4.78, 5) is 36.2. The highest BCUT2D eigenvalue weighted by Crippen LogP contribution is 2.29. The maximum Gasteiger partial charge on any atom is 0.346 e. The van der Waals surface area contributed by atoms with Crippen LogP contribution in [-0.2, 0) is 16.0 Å². The van der Waals surface area contributed by atoms with Gasteiger partial charge in [0, 0.05) is 17.7 Å². The number of amides is 1. The highest BCUT2D eigenvalue weighted by atomic mass is 16.5. The average Bonchev–Trinajstić information content (AvgIpc) is 2.70. The lowest BCUT2D eigenvalue weighted by Gasteiger charge is -2.17. The molecule has 3 rings (SSSR count). The number of hydrogen-bond donors (Lipinski definition) is 1. The van der Waals surface area contributed by atoms with Gasteiger partial charge in [0.1, 0.15) is 17.1 Å². The van der Waals surface area contributed by atoms with Crippen molar-refractivity contribution in [3.05, 3.63) is 53.1 Å². The second kappa shape index (κ2) is 7.90. The Morgan fingerprint density at radius 1 is 1.04 bits per heavy atom. The highest BCUT2D eigenvalue weighted by Gasteiger charge is 2.22. The number of ketones is 1. The number of anilines is 1. The molecule has 0 bridgehead atoms. The zero-order chi connectivity index (χ0) is 19.4. The van der Waals surface area contributed by atoms with Crippen molar-refractivity contribution in [3.8, 4) is 11.5 Å². The molecular weight excluding hydrogens is 350 g/mol. The summed E-state index contributed by atoms with van der Waals surface area (Å²) in [6, 6.07) is 9.91. The van der Waals surface area contributed by atoms with Gasteiger partial charge in [-0.3, -0.25) is 9.59 Å². The van der Waals surface area contributed by atoms with E-state index in [2.05, 4.69) is 5.32 Å². The van der Waals surface area contributed by atoms with E-state index in [1.165, 1.54) is 14.2 Å². The lowest BCUT2D eigenvalue weighted by molar-refractivity contribution is -0.116. The Labute approximate surface area is 156 Å². The van der Waals surface area contributed by atoms with Gasteiger partial charge in [0.15, 0.2) is 12.4 Å². The summed E-state index contributed by atoms with van der Waals surface area (Å²) in [6.45, 7) is -0.412. The van der Waals surface area contributed by atoms with Crippen molar-refractivity contribution in [2.24, 2.45) is 0 Å². The molecule has 27 heavy (non-hydrogen) atoms. The normalized spacial score (nSPS) is 12.6. The third-order valence-corrected chi connectivity index (χ3v) is 4.29. The second-order valence-electron chi connectivity index (χ2n) is 5.96. The Morgan fingerprint density at radius 2 is 1.74 bits per heavy atom. The van der Waals surface area contributed by atoms with Crippen LogP contribution >= 0.6 is 0 Å². The molecule has 7 heteroatoms. The van der Waals surface area contributed by atoms with Gasteiger partial charge in [-0.15, -0.1) is 0 Å². The van der Waals surface area contributed by atoms with Crippen molar-refractivity contribution in [3.63, 3.8) is 0 Å². The van der Waals surface area contributed by atoms with Gasteiger partial charge in [0.2, 0.25) is 5.91 Å². The molecule has 0 saturated heterocycles. The number of aryl methyl sites for hydroxylation is 1. The molecular formula is C20H19NO6. The van der Waals surface area contributed by atoms with Crippen molar-refractivity contribution in [1.29, 1.82) is 0 Å². The summed E-state index contributed by atoms with van der Waals surface area (Å²) in [7, 11) is 2.87. The van der Waals surface area contributed by atoms with Gasteiger partial charge in [-0.25, -0.2) is 4.79 Å². The van der Waals surface area contributed by atoms with Crippen LogP contribution in [0.2, 0.25) is 0 Å². The van der Waals surface area contributed by atoms with E-state index < -0.39 is 12.6 Å². The van der Waals surface area contributed by atoms with Crippen LogP contribution < -0.4 is 14.8 Å². The number of hydrogen-bond acceptors (Lipinski definition) is 6. The third kappa shape index (κ3) is 3.92. The number of Topliss-reactive ketones (excluding diaryl/α,β-unsaturated/α-hetero) is 1. The summed E-state index contributed by atoms with van der Waals surface area (Å²) in [6.07, 6.45) is 0.952. The molecule has 0 unspecified atom stereocenters. The first-order chi connectivity index (χ1) is 13.0. The van der Waals surface area contributed by atoms with Crippen LogP contribution in [0.1, 0.15) is 32.7 Å². The van der Waals surface area contributed by atoms with Crippen LogP contribution in [0.5, 0.6) is 11.5 Å². The first kappa shape index (κ1) is 18.4. The number of esters is 1. The molecule has 0 aliphatic carbocycles. The van der Waals surface area contributed by atoms with Crippen LogP contribution in [0, 0.1) is 0 Å². The molecule has 0 atom stereocenters. The fourth-order valence-electron chi connectivity index (χ4n) is 2.90. The van der Waals surface area contributed by atoms with Crippen molar-refractivity contribution < 1.29 is 28.6 Å². The van der Waals surface area contributed by atoms with E-state index >= 15 is 0 Å². The molecule has 7 nitrogen and oxygen atoms in total. The lowest BCUT2D eigenvalue weighted by Crippen LogP contribution is -2.20. The quantitative estimate of drug-likeness (QED) is 0.622. The number of benzene rings is 2. The number of methoxy groups -OCH3 is 2. The maximum absolute atomic E-state index is 12.4. The van der Waals surface area contributed by atoms with Crippen LogP contribution in [0.15, 0.2) is 36.4 Å². The number of nitrogens with one attached hydrogen (secondary N) is 1. The Kier molecular flexibility index (Phi) is 5.40. The first-order valence-electron chi connectivity index (χ1n) is 8.37. The standard InChI is InChI=1S/C20H19NO6/c1-25-16-4-3-5-17(26-2)19(16)20(24)27-11-15(22)13-6-8-14-12(10-13)7-9-18(23)21-14/h3-6,8,10H,7,9,11H2,1-2H3,(H,21,23). The average molecular weight is 369 g/mol. The number of carbonyl (C=O) groups excluding carboxylic acids is 3. The molecule has 1 amide bonds. The van der Waals surface area contributed by atoms with Gasteiger partial charge in [-0.2, -0.15) is 0 Å². The Hall–Kier alpha value is -3.35. The van der Waals surface area contributed by atoms with E-state index in [1.807, 2.05) is 0 Å². The smallest absolute Gasteiger partial charge is 0.346 e. The molecule has 2 aromatic rings. The minimum Gasteiger partial charge on any atom is -0.496 e. The van der Waals surface area contributed by atoms with Gasteiger partial charge in [-0.1, -0.05) is 6.07 Å². The van der Waals surface area contributed by atoms with Crippen LogP contribution in [0.25, 0.3) is 0 Å². The molecule has 0 aromatic heterocycles. The maximum atomic E-state index is 12.4. The molecule has 1 aliphatic rings. The summed E-state index contributed by atoms with van der Waals surface area (Å²) in [5.41, 5.74) is 2.14. The molecule has 0 radical (unpaired) electrons. The zero-order valence-electron chi connectivity index (χ0n) is 15.0. The molecule has 0 spiro atoms. The van der Waals surface area contributed by atoms with Gasteiger partial charge in [-0.05, 0) is 42.3 Å². The van der Waals surface area contributed by atoms with E-state index in [-0.39, 0.29) is 17.3 Å². The largest absolute Gasteiger partial charge is 0.496 e. The molecule has 0 fully saturated rings. The number of fused-ring (bicyclic) bond motifs is 1. The van der Waals surface area contributed by atoms with Gasteiger partial charge < -0.3 is 19.5 Å². The third-order valence-electron chi connectivity index (χ3n) is 4.29. The first-order valence-corrected chi connectivity index (χ1v) is 8.37. The van der Waals surface area contributed by atoms with Crippen LogP contribution in [0.4, 0.5) is 5.69 Å². The molecule has 1 aliphatic heterocycles. The summed E-state index contributed by atoms with van der Waals surface area (Å²) >= 11 is 0. The highest BCUT2D eigenvalue weighted by molar-refractivity contribution is 6.02. The molecule has 140 valence electrons. The fraction of sp³-hybridized carbons (Fsp3) is 0.250. The minimum absolute atomic E-state index is 0.0405. The fourth-order valence-corrected chi connectivity index (χ4v) is 2.90. The number of carbonyl (C=O) groups is 3. The van der Waals surface area contributed by atoms with Gasteiger partial charge >= 0.3 is 5.97 Å².